The molecule has 3 atom stereocenters. The second-order valence-corrected chi connectivity index (χ2v) is 6.09. The van der Waals surface area contributed by atoms with Gasteiger partial charge in [0.05, 0.1) is 16.1 Å². The van der Waals surface area contributed by atoms with Gasteiger partial charge in [-0.1, -0.05) is 30.1 Å². The van der Waals surface area contributed by atoms with Gasteiger partial charge in [0.25, 0.3) is 5.91 Å². The third-order valence-corrected chi connectivity index (χ3v) is 3.68. The van der Waals surface area contributed by atoms with Crippen LogP contribution in [-0.2, 0) is 4.79 Å². The molecule has 3 unspecified atom stereocenters. The van der Waals surface area contributed by atoms with Crippen molar-refractivity contribution in [3.63, 3.8) is 0 Å². The number of amides is 1. The SMILES string of the molecule is CC(O)CC(C)CNC(=O)C(C)Oc1ccc(Cl)c(Cl)c1. The van der Waals surface area contributed by atoms with E-state index in [4.69, 9.17) is 27.9 Å². The first-order chi connectivity index (χ1) is 9.79. The monoisotopic (exact) mass is 333 g/mol. The Balaban J connectivity index is 2.45. The van der Waals surface area contributed by atoms with Crippen molar-refractivity contribution in [3.8, 4) is 5.75 Å². The molecule has 0 saturated heterocycles. The minimum atomic E-state index is -0.638. The molecule has 1 aromatic carbocycles. The second-order valence-electron chi connectivity index (χ2n) is 5.27. The van der Waals surface area contributed by atoms with E-state index in [0.29, 0.717) is 28.8 Å². The lowest BCUT2D eigenvalue weighted by Crippen LogP contribution is -2.38. The molecule has 118 valence electrons. The van der Waals surface area contributed by atoms with E-state index in [1.54, 1.807) is 32.0 Å². The maximum Gasteiger partial charge on any atom is 0.260 e. The standard InChI is InChI=1S/C15H21Cl2NO3/c1-9(6-10(2)19)8-18-15(20)11(3)21-12-4-5-13(16)14(17)7-12/h4-5,7,9-11,19H,6,8H2,1-3H3,(H,18,20). The molecular weight excluding hydrogens is 313 g/mol. The van der Waals surface area contributed by atoms with Gasteiger partial charge in [-0.2, -0.15) is 0 Å². The number of nitrogens with one attached hydrogen (secondary N) is 1. The summed E-state index contributed by atoms with van der Waals surface area (Å²) in [5.74, 6) is 0.480. The van der Waals surface area contributed by atoms with E-state index < -0.39 is 6.10 Å². The molecule has 4 nitrogen and oxygen atoms in total. The molecule has 1 rings (SSSR count). The van der Waals surface area contributed by atoms with Crippen LogP contribution < -0.4 is 10.1 Å². The van der Waals surface area contributed by atoms with Gasteiger partial charge in [0.15, 0.2) is 6.10 Å². The quantitative estimate of drug-likeness (QED) is 0.804. The molecule has 2 N–H and O–H groups in total. The molecule has 1 aromatic rings. The zero-order valence-corrected chi connectivity index (χ0v) is 13.9. The van der Waals surface area contributed by atoms with Crippen molar-refractivity contribution >= 4 is 29.1 Å². The van der Waals surface area contributed by atoms with Crippen LogP contribution in [0.4, 0.5) is 0 Å². The number of halogens is 2. The van der Waals surface area contributed by atoms with Crippen LogP contribution in [0.25, 0.3) is 0 Å². The Morgan fingerprint density at radius 3 is 2.52 bits per heavy atom. The maximum absolute atomic E-state index is 11.9. The van der Waals surface area contributed by atoms with Gasteiger partial charge in [-0.3, -0.25) is 4.79 Å². The summed E-state index contributed by atoms with van der Waals surface area (Å²) in [6, 6.07) is 4.85. The lowest BCUT2D eigenvalue weighted by Gasteiger charge is -2.18. The zero-order chi connectivity index (χ0) is 16.0. The number of ether oxygens (including phenoxy) is 1. The van der Waals surface area contributed by atoms with Gasteiger partial charge >= 0.3 is 0 Å². The number of aliphatic hydroxyl groups excluding tert-OH is 1. The van der Waals surface area contributed by atoms with Crippen molar-refractivity contribution in [2.45, 2.75) is 39.4 Å². The molecule has 0 aliphatic heterocycles. The Kier molecular flexibility index (Phi) is 7.29. The van der Waals surface area contributed by atoms with Crippen LogP contribution in [0, 0.1) is 5.92 Å². The predicted octanol–water partition coefficient (Wildman–Crippen LogP) is 3.28. The molecule has 1 amide bonds. The van der Waals surface area contributed by atoms with Crippen molar-refractivity contribution in [1.29, 1.82) is 0 Å². The number of aliphatic hydroxyl groups is 1. The molecule has 0 saturated carbocycles. The summed E-state index contributed by atoms with van der Waals surface area (Å²) in [5, 5.41) is 12.9. The summed E-state index contributed by atoms with van der Waals surface area (Å²) >= 11 is 11.7. The van der Waals surface area contributed by atoms with Crippen LogP contribution in [0.5, 0.6) is 5.75 Å². The highest BCUT2D eigenvalue weighted by Gasteiger charge is 2.16. The van der Waals surface area contributed by atoms with Crippen molar-refractivity contribution in [2.75, 3.05) is 6.54 Å². The number of carbonyl (C=O) groups excluding carboxylic acids is 1. The minimum absolute atomic E-state index is 0.200. The Labute approximate surface area is 135 Å². The first-order valence-corrected chi connectivity index (χ1v) is 7.62. The lowest BCUT2D eigenvalue weighted by molar-refractivity contribution is -0.127. The predicted molar refractivity (Wildman–Crippen MR) is 85.0 cm³/mol. The summed E-state index contributed by atoms with van der Waals surface area (Å²) < 4.78 is 5.52. The molecular formula is C15H21Cl2NO3. The molecule has 6 heteroatoms. The van der Waals surface area contributed by atoms with E-state index in [0.717, 1.165) is 0 Å². The summed E-state index contributed by atoms with van der Waals surface area (Å²) in [7, 11) is 0. The fourth-order valence-electron chi connectivity index (χ4n) is 1.89. The molecule has 0 aliphatic carbocycles. The maximum atomic E-state index is 11.9. The minimum Gasteiger partial charge on any atom is -0.481 e. The van der Waals surface area contributed by atoms with Gasteiger partial charge in [0.1, 0.15) is 5.75 Å². The molecule has 0 aromatic heterocycles. The third kappa shape index (κ3) is 6.55. The highest BCUT2D eigenvalue weighted by Crippen LogP contribution is 2.26. The first-order valence-electron chi connectivity index (χ1n) is 6.87. The molecule has 0 bridgehead atoms. The summed E-state index contributed by atoms with van der Waals surface area (Å²) in [6.45, 7) is 5.86. The van der Waals surface area contributed by atoms with Crippen molar-refractivity contribution < 1.29 is 14.6 Å². The van der Waals surface area contributed by atoms with Crippen LogP contribution in [0.1, 0.15) is 27.2 Å². The molecule has 0 fully saturated rings. The summed E-state index contributed by atoms with van der Waals surface area (Å²) in [4.78, 5) is 11.9. The Morgan fingerprint density at radius 1 is 1.29 bits per heavy atom. The molecule has 0 aliphatic rings. The van der Waals surface area contributed by atoms with E-state index in [1.165, 1.54) is 0 Å². The van der Waals surface area contributed by atoms with E-state index in [2.05, 4.69) is 5.32 Å². The molecule has 0 heterocycles. The van der Waals surface area contributed by atoms with Gasteiger partial charge in [0.2, 0.25) is 0 Å². The number of benzene rings is 1. The average Bonchev–Trinajstić information content (AvgIpc) is 2.39. The normalized spacial score (nSPS) is 15.1. The Hall–Kier alpha value is -0.970. The second kappa shape index (κ2) is 8.47. The van der Waals surface area contributed by atoms with Crippen molar-refractivity contribution in [3.05, 3.63) is 28.2 Å². The van der Waals surface area contributed by atoms with Gasteiger partial charge in [0, 0.05) is 12.6 Å². The summed E-state index contributed by atoms with van der Waals surface area (Å²) in [5.41, 5.74) is 0. The smallest absolute Gasteiger partial charge is 0.260 e. The van der Waals surface area contributed by atoms with E-state index in [9.17, 15) is 9.90 Å². The number of carbonyl (C=O) groups is 1. The third-order valence-electron chi connectivity index (χ3n) is 2.94. The van der Waals surface area contributed by atoms with Crippen LogP contribution in [0.15, 0.2) is 18.2 Å². The van der Waals surface area contributed by atoms with Crippen LogP contribution >= 0.6 is 23.2 Å². The number of hydrogen-bond acceptors (Lipinski definition) is 3. The number of hydrogen-bond donors (Lipinski definition) is 2. The van der Waals surface area contributed by atoms with Crippen LogP contribution in [0.3, 0.4) is 0 Å². The van der Waals surface area contributed by atoms with Crippen LogP contribution in [0.2, 0.25) is 10.0 Å². The number of rotatable bonds is 7. The van der Waals surface area contributed by atoms with Crippen molar-refractivity contribution in [2.24, 2.45) is 5.92 Å². The first kappa shape index (κ1) is 18.1. The van der Waals surface area contributed by atoms with E-state index in [-0.39, 0.29) is 17.9 Å². The molecule has 21 heavy (non-hydrogen) atoms. The highest BCUT2D eigenvalue weighted by molar-refractivity contribution is 6.42. The van der Waals surface area contributed by atoms with E-state index in [1.807, 2.05) is 6.92 Å². The van der Waals surface area contributed by atoms with Gasteiger partial charge in [-0.05, 0) is 38.3 Å². The van der Waals surface area contributed by atoms with Gasteiger partial charge < -0.3 is 15.2 Å². The van der Waals surface area contributed by atoms with Crippen molar-refractivity contribution in [1.82, 2.24) is 5.32 Å². The molecule has 0 radical (unpaired) electrons. The fraction of sp³-hybridized carbons (Fsp3) is 0.533. The Morgan fingerprint density at radius 2 is 1.95 bits per heavy atom. The summed E-state index contributed by atoms with van der Waals surface area (Å²) in [6.07, 6.45) is -0.370. The topological polar surface area (TPSA) is 58.6 Å². The van der Waals surface area contributed by atoms with Gasteiger partial charge in [-0.15, -0.1) is 0 Å². The fourth-order valence-corrected chi connectivity index (χ4v) is 2.18. The van der Waals surface area contributed by atoms with E-state index >= 15 is 0 Å². The lowest BCUT2D eigenvalue weighted by atomic mass is 10.0. The van der Waals surface area contributed by atoms with Gasteiger partial charge in [-0.25, -0.2) is 0 Å². The largest absolute Gasteiger partial charge is 0.481 e. The average molecular weight is 334 g/mol. The zero-order valence-electron chi connectivity index (χ0n) is 12.4. The highest BCUT2D eigenvalue weighted by atomic mass is 35.5. The molecule has 0 spiro atoms. The van der Waals surface area contributed by atoms with Crippen LogP contribution in [-0.4, -0.2) is 29.8 Å². The Bertz CT molecular complexity index is 480.